The topological polar surface area (TPSA) is 82.7 Å². The van der Waals surface area contributed by atoms with Gasteiger partial charge in [0, 0.05) is 16.9 Å². The average molecular weight is 260 g/mol. The summed E-state index contributed by atoms with van der Waals surface area (Å²) < 4.78 is 1.87. The van der Waals surface area contributed by atoms with Crippen LogP contribution in [0.3, 0.4) is 0 Å². The minimum Gasteiger partial charge on any atom is -0.383 e. The van der Waals surface area contributed by atoms with Crippen molar-refractivity contribution in [1.82, 2.24) is 14.5 Å². The van der Waals surface area contributed by atoms with E-state index in [1.807, 2.05) is 41.1 Å². The fourth-order valence-electron chi connectivity index (χ4n) is 1.89. The highest BCUT2D eigenvalue weighted by Gasteiger charge is 2.09. The highest BCUT2D eigenvalue weighted by molar-refractivity contribution is 6.30. The van der Waals surface area contributed by atoms with E-state index in [1.54, 1.807) is 0 Å². The van der Waals surface area contributed by atoms with Crippen LogP contribution in [0, 0.1) is 0 Å². The van der Waals surface area contributed by atoms with Crippen LogP contribution in [-0.2, 0) is 0 Å². The maximum absolute atomic E-state index is 5.98. The van der Waals surface area contributed by atoms with Crippen molar-refractivity contribution in [3.63, 3.8) is 0 Å². The van der Waals surface area contributed by atoms with Gasteiger partial charge in [0.1, 0.15) is 5.82 Å². The van der Waals surface area contributed by atoms with Gasteiger partial charge in [-0.1, -0.05) is 17.7 Å². The number of nitrogen functional groups attached to an aromatic ring is 2. The van der Waals surface area contributed by atoms with Crippen LogP contribution in [0.15, 0.2) is 36.5 Å². The Balaban J connectivity index is 2.30. The molecule has 0 aliphatic carbocycles. The summed E-state index contributed by atoms with van der Waals surface area (Å²) in [6.45, 7) is 0. The fraction of sp³-hybridized carbons (Fsp3) is 0. The zero-order chi connectivity index (χ0) is 12.7. The maximum atomic E-state index is 5.98. The third-order valence-corrected chi connectivity index (χ3v) is 2.91. The Kier molecular flexibility index (Phi) is 2.34. The first-order chi connectivity index (χ1) is 8.65. The van der Waals surface area contributed by atoms with E-state index < -0.39 is 0 Å². The summed E-state index contributed by atoms with van der Waals surface area (Å²) >= 11 is 5.98. The van der Waals surface area contributed by atoms with E-state index in [1.165, 1.54) is 0 Å². The van der Waals surface area contributed by atoms with Crippen LogP contribution in [0.4, 0.5) is 11.8 Å². The molecule has 6 heteroatoms. The van der Waals surface area contributed by atoms with Crippen LogP contribution in [0.5, 0.6) is 0 Å². The van der Waals surface area contributed by atoms with E-state index in [2.05, 4.69) is 9.97 Å². The molecule has 3 aromatic rings. The number of hydrogen-bond donors (Lipinski definition) is 2. The number of fused-ring (bicyclic) bond motifs is 1. The molecule has 0 fully saturated rings. The number of anilines is 2. The minimum absolute atomic E-state index is 0.155. The van der Waals surface area contributed by atoms with E-state index in [0.717, 1.165) is 11.1 Å². The van der Waals surface area contributed by atoms with E-state index in [-0.39, 0.29) is 5.95 Å². The summed E-state index contributed by atoms with van der Waals surface area (Å²) in [4.78, 5) is 8.14. The number of aromatic nitrogens is 3. The van der Waals surface area contributed by atoms with Crippen molar-refractivity contribution in [2.24, 2.45) is 0 Å². The van der Waals surface area contributed by atoms with Gasteiger partial charge in [0.15, 0.2) is 5.65 Å². The Hall–Kier alpha value is -2.27. The molecular formula is C12H10ClN5. The van der Waals surface area contributed by atoms with Crippen molar-refractivity contribution >= 4 is 34.4 Å². The molecule has 90 valence electrons. The molecule has 1 aromatic carbocycles. The average Bonchev–Trinajstić information content (AvgIpc) is 2.72. The SMILES string of the molecule is Nc1nc(N)c2ccn(-c3cccc(Cl)c3)c2n1. The third-order valence-electron chi connectivity index (χ3n) is 2.68. The summed E-state index contributed by atoms with van der Waals surface area (Å²) in [5.41, 5.74) is 13.0. The molecule has 0 radical (unpaired) electrons. The van der Waals surface area contributed by atoms with Gasteiger partial charge < -0.3 is 16.0 Å². The number of rotatable bonds is 1. The highest BCUT2D eigenvalue weighted by atomic mass is 35.5. The largest absolute Gasteiger partial charge is 0.383 e. The molecule has 0 aliphatic heterocycles. The summed E-state index contributed by atoms with van der Waals surface area (Å²) in [5, 5.41) is 1.42. The Morgan fingerprint density at radius 1 is 1.11 bits per heavy atom. The van der Waals surface area contributed by atoms with Crippen molar-refractivity contribution in [3.05, 3.63) is 41.6 Å². The molecule has 0 bridgehead atoms. The molecular weight excluding hydrogens is 250 g/mol. The zero-order valence-corrected chi connectivity index (χ0v) is 10.1. The fourth-order valence-corrected chi connectivity index (χ4v) is 2.07. The lowest BCUT2D eigenvalue weighted by Gasteiger charge is -2.06. The second-order valence-corrected chi connectivity index (χ2v) is 4.31. The van der Waals surface area contributed by atoms with E-state index in [9.17, 15) is 0 Å². The normalized spacial score (nSPS) is 10.9. The summed E-state index contributed by atoms with van der Waals surface area (Å²) in [5.74, 6) is 0.528. The van der Waals surface area contributed by atoms with Crippen molar-refractivity contribution in [1.29, 1.82) is 0 Å². The van der Waals surface area contributed by atoms with Crippen LogP contribution in [0.2, 0.25) is 5.02 Å². The monoisotopic (exact) mass is 259 g/mol. The first-order valence-electron chi connectivity index (χ1n) is 5.31. The molecule has 18 heavy (non-hydrogen) atoms. The number of halogens is 1. The summed E-state index contributed by atoms with van der Waals surface area (Å²) in [6, 6.07) is 9.31. The third kappa shape index (κ3) is 1.65. The zero-order valence-electron chi connectivity index (χ0n) is 9.34. The lowest BCUT2D eigenvalue weighted by molar-refractivity contribution is 1.08. The van der Waals surface area contributed by atoms with Gasteiger partial charge in [0.05, 0.1) is 5.39 Å². The van der Waals surface area contributed by atoms with Gasteiger partial charge in [0.25, 0.3) is 0 Å². The molecule has 2 heterocycles. The van der Waals surface area contributed by atoms with Gasteiger partial charge in [-0.3, -0.25) is 0 Å². The molecule has 0 atom stereocenters. The van der Waals surface area contributed by atoms with Gasteiger partial charge in [0.2, 0.25) is 5.95 Å². The first kappa shape index (κ1) is 10.9. The van der Waals surface area contributed by atoms with Crippen molar-refractivity contribution in [3.8, 4) is 5.69 Å². The Morgan fingerprint density at radius 3 is 2.72 bits per heavy atom. The summed E-state index contributed by atoms with van der Waals surface area (Å²) in [6.07, 6.45) is 1.86. The van der Waals surface area contributed by atoms with Crippen LogP contribution in [-0.4, -0.2) is 14.5 Å². The van der Waals surface area contributed by atoms with Crippen LogP contribution >= 0.6 is 11.6 Å². The second-order valence-electron chi connectivity index (χ2n) is 3.87. The van der Waals surface area contributed by atoms with Crippen LogP contribution in [0.1, 0.15) is 0 Å². The first-order valence-corrected chi connectivity index (χ1v) is 5.69. The van der Waals surface area contributed by atoms with Crippen molar-refractivity contribution in [2.45, 2.75) is 0 Å². The van der Waals surface area contributed by atoms with Gasteiger partial charge in [-0.2, -0.15) is 9.97 Å². The number of hydrogen-bond acceptors (Lipinski definition) is 4. The van der Waals surface area contributed by atoms with Gasteiger partial charge in [-0.15, -0.1) is 0 Å². The molecule has 4 N–H and O–H groups in total. The second kappa shape index (κ2) is 3.89. The van der Waals surface area contributed by atoms with Gasteiger partial charge >= 0.3 is 0 Å². The Labute approximate surface area is 108 Å². The predicted molar refractivity (Wildman–Crippen MR) is 72.7 cm³/mol. The molecule has 0 aliphatic rings. The van der Waals surface area contributed by atoms with Crippen LogP contribution in [0.25, 0.3) is 16.7 Å². The van der Waals surface area contributed by atoms with Gasteiger partial charge in [-0.25, -0.2) is 0 Å². The summed E-state index contributed by atoms with van der Waals surface area (Å²) in [7, 11) is 0. The number of nitrogens with two attached hydrogens (primary N) is 2. The molecule has 0 saturated heterocycles. The number of nitrogens with zero attached hydrogens (tertiary/aromatic N) is 3. The molecule has 0 unspecified atom stereocenters. The smallest absolute Gasteiger partial charge is 0.224 e. The predicted octanol–water partition coefficient (Wildman–Crippen LogP) is 2.24. The van der Waals surface area contributed by atoms with E-state index in [4.69, 9.17) is 23.1 Å². The lowest BCUT2D eigenvalue weighted by Crippen LogP contribution is -2.02. The maximum Gasteiger partial charge on any atom is 0.224 e. The lowest BCUT2D eigenvalue weighted by atomic mass is 10.3. The molecule has 0 saturated carbocycles. The molecule has 3 rings (SSSR count). The Morgan fingerprint density at radius 2 is 1.94 bits per heavy atom. The van der Waals surface area contributed by atoms with E-state index in [0.29, 0.717) is 16.5 Å². The Bertz CT molecular complexity index is 734. The van der Waals surface area contributed by atoms with E-state index >= 15 is 0 Å². The molecule has 0 spiro atoms. The molecule has 2 aromatic heterocycles. The minimum atomic E-state index is 0.155. The standard InChI is InChI=1S/C12H10ClN5/c13-7-2-1-3-8(6-7)18-5-4-9-10(14)16-12(15)17-11(9)18/h1-6H,(H4,14,15,16,17). The van der Waals surface area contributed by atoms with Crippen LogP contribution < -0.4 is 11.5 Å². The molecule has 5 nitrogen and oxygen atoms in total. The highest BCUT2D eigenvalue weighted by Crippen LogP contribution is 2.24. The number of benzene rings is 1. The van der Waals surface area contributed by atoms with Crippen molar-refractivity contribution < 1.29 is 0 Å². The quantitative estimate of drug-likeness (QED) is 0.702. The van der Waals surface area contributed by atoms with Gasteiger partial charge in [-0.05, 0) is 24.3 Å². The molecule has 0 amide bonds. The van der Waals surface area contributed by atoms with Crippen molar-refractivity contribution in [2.75, 3.05) is 11.5 Å².